The Hall–Kier alpha value is -3.27. The van der Waals surface area contributed by atoms with Crippen LogP contribution in [0.3, 0.4) is 0 Å². The van der Waals surface area contributed by atoms with Crippen LogP contribution in [0.15, 0.2) is 60.8 Å². The van der Waals surface area contributed by atoms with E-state index in [1.807, 2.05) is 30.3 Å². The van der Waals surface area contributed by atoms with E-state index in [2.05, 4.69) is 10.4 Å². The summed E-state index contributed by atoms with van der Waals surface area (Å²) in [6.07, 6.45) is 1.69. The van der Waals surface area contributed by atoms with Crippen LogP contribution in [-0.4, -0.2) is 21.7 Å². The predicted octanol–water partition coefficient (Wildman–Crippen LogP) is 7.05. The van der Waals surface area contributed by atoms with E-state index in [0.717, 1.165) is 29.0 Å². The van der Waals surface area contributed by atoms with Crippen molar-refractivity contribution < 1.29 is 23.1 Å². The van der Waals surface area contributed by atoms with Gasteiger partial charge in [0.2, 0.25) is 5.91 Å². The standard InChI is InChI=1S/C27H23Cl2F2N3O3S/c1-34-25(20(28)14-32-34)19-13-23(38-26(19)29)33-27(36)18(11-17-7-9-21(30)22(31)12-17)8-10-24(35)37-15-16-5-3-2-4-6-16/h2-7,9,12-14,18H,8,10-11,15H2,1H3,(H,33,36)/t18-/m1/s1. The lowest BCUT2D eigenvalue weighted by Crippen LogP contribution is -2.25. The number of thiophene rings is 1. The van der Waals surface area contributed by atoms with Gasteiger partial charge in [0.15, 0.2) is 11.6 Å². The molecule has 0 saturated carbocycles. The molecule has 4 aromatic rings. The molecule has 0 radical (unpaired) electrons. The Kier molecular flexibility index (Phi) is 9.14. The summed E-state index contributed by atoms with van der Waals surface area (Å²) in [5.41, 5.74) is 2.48. The van der Waals surface area contributed by atoms with Gasteiger partial charge in [-0.1, -0.05) is 59.6 Å². The topological polar surface area (TPSA) is 73.2 Å². The number of carbonyl (C=O) groups excluding carboxylic acids is 2. The van der Waals surface area contributed by atoms with Gasteiger partial charge >= 0.3 is 5.97 Å². The number of benzene rings is 2. The summed E-state index contributed by atoms with van der Waals surface area (Å²) >= 11 is 13.8. The molecule has 1 N–H and O–H groups in total. The van der Waals surface area contributed by atoms with E-state index in [0.29, 0.717) is 31.2 Å². The van der Waals surface area contributed by atoms with E-state index in [4.69, 9.17) is 27.9 Å². The molecule has 0 aliphatic heterocycles. The molecule has 0 aliphatic carbocycles. The van der Waals surface area contributed by atoms with E-state index in [9.17, 15) is 18.4 Å². The van der Waals surface area contributed by atoms with Gasteiger partial charge in [0.05, 0.1) is 21.9 Å². The molecule has 1 atom stereocenters. The third kappa shape index (κ3) is 6.98. The molecule has 0 aliphatic rings. The van der Waals surface area contributed by atoms with Crippen molar-refractivity contribution in [1.82, 2.24) is 9.78 Å². The summed E-state index contributed by atoms with van der Waals surface area (Å²) in [7, 11) is 1.72. The first-order chi connectivity index (χ1) is 18.2. The van der Waals surface area contributed by atoms with Crippen LogP contribution in [0.1, 0.15) is 24.0 Å². The molecule has 2 aromatic heterocycles. The first-order valence-corrected chi connectivity index (χ1v) is 13.2. The Morgan fingerprint density at radius 1 is 1.08 bits per heavy atom. The number of anilines is 1. The molecule has 6 nitrogen and oxygen atoms in total. The second-order valence-corrected chi connectivity index (χ2v) is 10.6. The van der Waals surface area contributed by atoms with Gasteiger partial charge in [-0.2, -0.15) is 5.10 Å². The summed E-state index contributed by atoms with van der Waals surface area (Å²) < 4.78 is 34.6. The number of nitrogens with zero attached hydrogens (tertiary/aromatic N) is 2. The number of rotatable bonds is 10. The number of nitrogens with one attached hydrogen (secondary N) is 1. The highest BCUT2D eigenvalue weighted by molar-refractivity contribution is 7.20. The molecule has 0 saturated heterocycles. The molecule has 38 heavy (non-hydrogen) atoms. The molecular weight excluding hydrogens is 555 g/mol. The first kappa shape index (κ1) is 27.8. The normalized spacial score (nSPS) is 11.8. The Bertz CT molecular complexity index is 1420. The fourth-order valence-corrected chi connectivity index (χ4v) is 5.36. The van der Waals surface area contributed by atoms with Crippen LogP contribution < -0.4 is 5.32 Å². The van der Waals surface area contributed by atoms with Gasteiger partial charge < -0.3 is 10.1 Å². The van der Waals surface area contributed by atoms with Gasteiger partial charge in [-0.15, -0.1) is 11.3 Å². The minimum absolute atomic E-state index is 0.0321. The molecule has 0 unspecified atom stereocenters. The highest BCUT2D eigenvalue weighted by Crippen LogP contribution is 2.41. The van der Waals surface area contributed by atoms with Crippen molar-refractivity contribution in [3.63, 3.8) is 0 Å². The molecule has 0 fully saturated rings. The number of hydrogen-bond donors (Lipinski definition) is 1. The van der Waals surface area contributed by atoms with Gasteiger partial charge in [0.1, 0.15) is 10.9 Å². The van der Waals surface area contributed by atoms with Gasteiger partial charge in [-0.25, -0.2) is 8.78 Å². The summed E-state index contributed by atoms with van der Waals surface area (Å²) in [5, 5.41) is 7.82. The van der Waals surface area contributed by atoms with E-state index in [-0.39, 0.29) is 25.9 Å². The van der Waals surface area contributed by atoms with Crippen LogP contribution >= 0.6 is 34.5 Å². The highest BCUT2D eigenvalue weighted by atomic mass is 35.5. The minimum atomic E-state index is -1.01. The number of hydrogen-bond acceptors (Lipinski definition) is 5. The quantitative estimate of drug-likeness (QED) is 0.205. The second kappa shape index (κ2) is 12.5. The Balaban J connectivity index is 1.47. The monoisotopic (exact) mass is 577 g/mol. The zero-order chi connectivity index (χ0) is 27.2. The number of aromatic nitrogens is 2. The van der Waals surface area contributed by atoms with Gasteiger partial charge in [0, 0.05) is 24.9 Å². The van der Waals surface area contributed by atoms with E-state index in [1.165, 1.54) is 12.3 Å². The van der Waals surface area contributed by atoms with Crippen LogP contribution in [0.2, 0.25) is 9.36 Å². The van der Waals surface area contributed by atoms with Crippen LogP contribution in [0.4, 0.5) is 13.8 Å². The third-order valence-corrected chi connectivity index (χ3v) is 7.41. The van der Waals surface area contributed by atoms with E-state index < -0.39 is 29.4 Å². The lowest BCUT2D eigenvalue weighted by molar-refractivity contribution is -0.145. The molecule has 4 rings (SSSR count). The molecule has 2 heterocycles. The third-order valence-electron chi connectivity index (χ3n) is 5.86. The Morgan fingerprint density at radius 3 is 2.53 bits per heavy atom. The average molecular weight is 578 g/mol. The molecular formula is C27H23Cl2F2N3O3S. The second-order valence-electron chi connectivity index (χ2n) is 8.59. The summed E-state index contributed by atoms with van der Waals surface area (Å²) in [5.74, 6) is -3.58. The van der Waals surface area contributed by atoms with Gasteiger partial charge in [0.25, 0.3) is 0 Å². The van der Waals surface area contributed by atoms with E-state index in [1.54, 1.807) is 17.8 Å². The number of amides is 1. The molecule has 0 bridgehead atoms. The Labute approximate surface area is 232 Å². The molecule has 11 heteroatoms. The minimum Gasteiger partial charge on any atom is -0.461 e. The van der Waals surface area contributed by atoms with Crippen molar-refractivity contribution in [2.75, 3.05) is 5.32 Å². The summed E-state index contributed by atoms with van der Waals surface area (Å²) in [4.78, 5) is 25.7. The van der Waals surface area contributed by atoms with Gasteiger partial charge in [-0.3, -0.25) is 14.3 Å². The first-order valence-electron chi connectivity index (χ1n) is 11.6. The molecule has 1 amide bonds. The van der Waals surface area contributed by atoms with E-state index >= 15 is 0 Å². The van der Waals surface area contributed by atoms with Crippen molar-refractivity contribution in [2.45, 2.75) is 25.9 Å². The zero-order valence-corrected chi connectivity index (χ0v) is 22.5. The Morgan fingerprint density at radius 2 is 1.84 bits per heavy atom. The van der Waals surface area contributed by atoms with Crippen molar-refractivity contribution >= 4 is 51.4 Å². The maximum atomic E-state index is 13.8. The lowest BCUT2D eigenvalue weighted by atomic mass is 9.93. The highest BCUT2D eigenvalue weighted by Gasteiger charge is 2.24. The molecule has 2 aromatic carbocycles. The van der Waals surface area contributed by atoms with Crippen LogP contribution in [0.25, 0.3) is 11.3 Å². The van der Waals surface area contributed by atoms with Crippen LogP contribution in [0, 0.1) is 17.6 Å². The smallest absolute Gasteiger partial charge is 0.306 e. The summed E-state index contributed by atoms with van der Waals surface area (Å²) in [6, 6.07) is 14.4. The maximum absolute atomic E-state index is 13.8. The fourth-order valence-electron chi connectivity index (χ4n) is 3.91. The zero-order valence-electron chi connectivity index (χ0n) is 20.2. The molecule has 0 spiro atoms. The number of aryl methyl sites for hydroxylation is 1. The van der Waals surface area contributed by atoms with Crippen LogP contribution in [0.5, 0.6) is 0 Å². The number of halogens is 4. The average Bonchev–Trinajstić information content (AvgIpc) is 3.42. The maximum Gasteiger partial charge on any atom is 0.306 e. The lowest BCUT2D eigenvalue weighted by Gasteiger charge is -2.16. The van der Waals surface area contributed by atoms with Crippen molar-refractivity contribution in [3.05, 3.63) is 92.9 Å². The van der Waals surface area contributed by atoms with Gasteiger partial charge in [-0.05, 0) is 42.2 Å². The molecule has 198 valence electrons. The van der Waals surface area contributed by atoms with Crippen molar-refractivity contribution in [2.24, 2.45) is 13.0 Å². The number of ether oxygens (including phenoxy) is 1. The number of esters is 1. The van der Waals surface area contributed by atoms with Crippen molar-refractivity contribution in [3.8, 4) is 11.3 Å². The predicted molar refractivity (Wildman–Crippen MR) is 144 cm³/mol. The van der Waals surface area contributed by atoms with Crippen molar-refractivity contribution in [1.29, 1.82) is 0 Å². The van der Waals surface area contributed by atoms with Crippen LogP contribution in [-0.2, 0) is 34.4 Å². The summed E-state index contributed by atoms with van der Waals surface area (Å²) in [6.45, 7) is 0.118. The SMILES string of the molecule is Cn1ncc(Cl)c1-c1cc(NC(=O)[C@H](CCC(=O)OCc2ccccc2)Cc2ccc(F)c(F)c2)sc1Cl. The fraction of sp³-hybridized carbons (Fsp3) is 0.222. The number of carbonyl (C=O) groups is 2. The largest absolute Gasteiger partial charge is 0.461 e.